The van der Waals surface area contributed by atoms with Crippen molar-refractivity contribution in [3.05, 3.63) is 157 Å². The Bertz CT molecular complexity index is 3310. The van der Waals surface area contributed by atoms with Crippen LogP contribution in [0.2, 0.25) is 0 Å². The molecule has 0 aliphatic heterocycles. The molecule has 1 aromatic heterocycles. The second kappa shape index (κ2) is 25.0. The molecule has 8 aromatic rings. The van der Waals surface area contributed by atoms with Crippen molar-refractivity contribution in [1.82, 2.24) is 15.1 Å². The topological polar surface area (TPSA) is 91.0 Å². The molecule has 4 aliphatic carbocycles. The first kappa shape index (κ1) is 53.3. The molecule has 9 nitrogen and oxygen atoms in total. The van der Waals surface area contributed by atoms with Crippen molar-refractivity contribution in [1.29, 1.82) is 0 Å². The molecule has 4 fully saturated rings. The first-order chi connectivity index (χ1) is 39.4. The second-order valence-corrected chi connectivity index (χ2v) is 22.9. The molecular weight excluding hydrogens is 991 g/mol. The van der Waals surface area contributed by atoms with Crippen LogP contribution in [0.3, 0.4) is 0 Å². The SMILES string of the molecule is COc1ccc([N+](c2ccc(C)cc2)c2ccc(-c3cc(OC4CCCCC4)c(-c4ccc(-c5cc(OC6CCCCC6)c(C)cc5OC5CCCCC5)c(-c5nnc(-c6ccccc6)o5)c4)cc3OC3CCCCC3)cc2)cc1. The van der Waals surface area contributed by atoms with Crippen LogP contribution in [-0.2, 0) is 0 Å². The summed E-state index contributed by atoms with van der Waals surface area (Å²) in [5.74, 6) is 5.15. The van der Waals surface area contributed by atoms with E-state index in [4.69, 9.17) is 33.2 Å². The molecule has 4 aliphatic rings. The van der Waals surface area contributed by atoms with Crippen molar-refractivity contribution in [2.45, 2.75) is 167 Å². The monoisotopic (exact) mass is 1070 g/mol. The molecule has 80 heavy (non-hydrogen) atoms. The van der Waals surface area contributed by atoms with Gasteiger partial charge in [-0.2, -0.15) is 0 Å². The highest BCUT2D eigenvalue weighted by Gasteiger charge is 2.30. The van der Waals surface area contributed by atoms with Gasteiger partial charge in [0.1, 0.15) is 28.7 Å². The summed E-state index contributed by atoms with van der Waals surface area (Å²) in [4.78, 5) is 2.29. The van der Waals surface area contributed by atoms with Gasteiger partial charge in [0.05, 0.1) is 31.5 Å². The van der Waals surface area contributed by atoms with Crippen LogP contribution in [0.4, 0.5) is 17.1 Å². The van der Waals surface area contributed by atoms with Crippen molar-refractivity contribution in [3.63, 3.8) is 0 Å². The van der Waals surface area contributed by atoms with Gasteiger partial charge in [-0.3, -0.25) is 0 Å². The standard InChI is InChI=1S/C71H77N3O6/c1-48-29-34-53(35-30-48)74(55-38-40-56(75-3)41-39-55)54-36-31-50(32-37-54)62-45-69(79-60-27-17-8-18-28-60)63(46-68(62)78-59-25-15-7-16-26-59)52-33-42-61(65(44-52)71-73-72-70(80-71)51-19-9-4-10-20-51)64-47-66(76-57-21-11-5-12-22-57)49(2)43-67(64)77-58-23-13-6-14-24-58/h4,9-10,19-20,29-47,57-60H,5-8,11-18,21-28H2,1-3H3/q+1. The van der Waals surface area contributed by atoms with E-state index < -0.39 is 0 Å². The maximum Gasteiger partial charge on any atom is 0.248 e. The van der Waals surface area contributed by atoms with E-state index in [2.05, 4.69) is 127 Å². The van der Waals surface area contributed by atoms with Gasteiger partial charge in [-0.25, -0.2) is 0 Å². The van der Waals surface area contributed by atoms with Gasteiger partial charge in [0, 0.05) is 64.2 Å². The van der Waals surface area contributed by atoms with Gasteiger partial charge in [0.25, 0.3) is 0 Å². The van der Waals surface area contributed by atoms with E-state index in [9.17, 15) is 0 Å². The summed E-state index contributed by atoms with van der Waals surface area (Å²) in [6, 6.07) is 51.6. The van der Waals surface area contributed by atoms with Gasteiger partial charge in [0.2, 0.25) is 11.8 Å². The summed E-state index contributed by atoms with van der Waals surface area (Å²) in [5, 5.41) is 9.52. The second-order valence-electron chi connectivity index (χ2n) is 22.9. The van der Waals surface area contributed by atoms with Crippen molar-refractivity contribution < 1.29 is 28.1 Å². The van der Waals surface area contributed by atoms with Gasteiger partial charge in [-0.05, 0) is 206 Å². The van der Waals surface area contributed by atoms with Crippen LogP contribution in [-0.4, -0.2) is 41.7 Å². The number of hydrogen-bond donors (Lipinski definition) is 0. The molecule has 4 saturated carbocycles. The highest BCUT2D eigenvalue weighted by molar-refractivity contribution is 5.90. The first-order valence-corrected chi connectivity index (χ1v) is 30.0. The highest BCUT2D eigenvalue weighted by atomic mass is 16.5. The minimum absolute atomic E-state index is 0.0909. The van der Waals surface area contributed by atoms with Gasteiger partial charge in [-0.1, -0.05) is 78.6 Å². The average molecular weight is 1070 g/mol. The third kappa shape index (κ3) is 12.3. The molecule has 0 N–H and O–H groups in total. The summed E-state index contributed by atoms with van der Waals surface area (Å²) in [6.07, 6.45) is 23.1. The molecule has 0 saturated heterocycles. The fraction of sp³-hybridized carbons (Fsp3) is 0.380. The number of nitrogens with zero attached hydrogens (tertiary/aromatic N) is 3. The summed E-state index contributed by atoms with van der Waals surface area (Å²) >= 11 is 0. The lowest BCUT2D eigenvalue weighted by Crippen LogP contribution is -2.21. The average Bonchev–Trinajstić information content (AvgIpc) is 4.03. The summed E-state index contributed by atoms with van der Waals surface area (Å²) in [6.45, 7) is 4.28. The molecule has 0 amide bonds. The summed E-state index contributed by atoms with van der Waals surface area (Å²) < 4.78 is 41.0. The van der Waals surface area contributed by atoms with Gasteiger partial charge in [-0.15, -0.1) is 10.2 Å². The lowest BCUT2D eigenvalue weighted by atomic mass is 9.91. The predicted octanol–water partition coefficient (Wildman–Crippen LogP) is 19.3. The summed E-state index contributed by atoms with van der Waals surface area (Å²) in [5.41, 5.74) is 13.0. The van der Waals surface area contributed by atoms with E-state index in [0.29, 0.717) is 11.8 Å². The first-order valence-electron chi connectivity index (χ1n) is 30.0. The molecule has 7 aromatic carbocycles. The third-order valence-electron chi connectivity index (χ3n) is 17.1. The highest BCUT2D eigenvalue weighted by Crippen LogP contribution is 2.49. The van der Waals surface area contributed by atoms with Crippen molar-refractivity contribution in [2.75, 3.05) is 7.11 Å². The van der Waals surface area contributed by atoms with E-state index in [1.807, 2.05) is 42.5 Å². The Morgan fingerprint density at radius 1 is 0.375 bits per heavy atom. The zero-order valence-corrected chi connectivity index (χ0v) is 47.1. The van der Waals surface area contributed by atoms with E-state index in [1.54, 1.807) is 7.11 Å². The lowest BCUT2D eigenvalue weighted by Gasteiger charge is -2.28. The Kier molecular flexibility index (Phi) is 16.6. The van der Waals surface area contributed by atoms with Crippen LogP contribution in [0.1, 0.15) is 140 Å². The van der Waals surface area contributed by atoms with Crippen LogP contribution in [0.5, 0.6) is 28.7 Å². The minimum Gasteiger partial charge on any atom is -0.497 e. The number of anilines is 3. The van der Waals surface area contributed by atoms with Crippen LogP contribution >= 0.6 is 0 Å². The van der Waals surface area contributed by atoms with E-state index in [1.165, 1.54) is 56.9 Å². The molecule has 0 unspecified atom stereocenters. The normalized spacial score (nSPS) is 16.9. The number of aromatic nitrogens is 2. The van der Waals surface area contributed by atoms with Gasteiger partial charge >= 0.3 is 0 Å². The van der Waals surface area contributed by atoms with Crippen LogP contribution in [0.15, 0.2) is 150 Å². The van der Waals surface area contributed by atoms with Gasteiger partial charge in [0.15, 0.2) is 17.1 Å². The molecule has 0 spiro atoms. The maximum absolute atomic E-state index is 7.32. The van der Waals surface area contributed by atoms with E-state index in [-0.39, 0.29) is 24.4 Å². The Morgan fingerprint density at radius 2 is 0.812 bits per heavy atom. The minimum atomic E-state index is 0.0909. The fourth-order valence-corrected chi connectivity index (χ4v) is 12.6. The zero-order valence-electron chi connectivity index (χ0n) is 47.1. The molecule has 1 heterocycles. The smallest absolute Gasteiger partial charge is 0.248 e. The Hall–Kier alpha value is -7.36. The number of benzene rings is 7. The summed E-state index contributed by atoms with van der Waals surface area (Å²) in [7, 11) is 1.71. The van der Waals surface area contributed by atoms with Crippen LogP contribution in [0.25, 0.3) is 56.3 Å². The van der Waals surface area contributed by atoms with Crippen molar-refractivity contribution in [2.24, 2.45) is 0 Å². The number of methoxy groups -OCH3 is 1. The number of rotatable bonds is 17. The fourth-order valence-electron chi connectivity index (χ4n) is 12.6. The number of aryl methyl sites for hydroxylation is 2. The molecule has 1 radical (unpaired) electrons. The number of hydrogen-bond acceptors (Lipinski definition) is 9. The van der Waals surface area contributed by atoms with E-state index >= 15 is 0 Å². The lowest BCUT2D eigenvalue weighted by molar-refractivity contribution is 0.150. The number of ether oxygens (including phenoxy) is 5. The van der Waals surface area contributed by atoms with E-state index in [0.717, 1.165) is 173 Å². The Morgan fingerprint density at radius 3 is 1.34 bits per heavy atom. The van der Waals surface area contributed by atoms with Crippen LogP contribution < -0.4 is 28.6 Å². The zero-order chi connectivity index (χ0) is 54.2. The third-order valence-corrected chi connectivity index (χ3v) is 17.1. The van der Waals surface area contributed by atoms with Crippen molar-refractivity contribution >= 4 is 17.1 Å². The van der Waals surface area contributed by atoms with Crippen LogP contribution in [0, 0.1) is 13.8 Å². The molecule has 9 heteroatoms. The quantitative estimate of drug-likeness (QED) is 0.0833. The Labute approximate surface area is 473 Å². The maximum atomic E-state index is 7.32. The molecule has 0 bridgehead atoms. The molecule has 12 rings (SSSR count). The Balaban J connectivity index is 1.01. The molecule has 0 atom stereocenters. The molecule has 411 valence electrons. The molecular formula is C71H77N3O6+. The largest absolute Gasteiger partial charge is 0.497 e. The predicted molar refractivity (Wildman–Crippen MR) is 322 cm³/mol. The van der Waals surface area contributed by atoms with Crippen molar-refractivity contribution in [3.8, 4) is 85.0 Å². The van der Waals surface area contributed by atoms with Gasteiger partial charge < -0.3 is 28.1 Å².